The molecule has 0 aliphatic rings. The predicted molar refractivity (Wildman–Crippen MR) is 76.3 cm³/mol. The number of anilines is 2. The van der Waals surface area contributed by atoms with Gasteiger partial charge in [-0.15, -0.1) is 0 Å². The van der Waals surface area contributed by atoms with Gasteiger partial charge in [0.1, 0.15) is 16.6 Å². The van der Waals surface area contributed by atoms with Gasteiger partial charge in [-0.2, -0.15) is 0 Å². The monoisotopic (exact) mass is 259 g/mol. The summed E-state index contributed by atoms with van der Waals surface area (Å²) >= 11 is 4.87. The van der Waals surface area contributed by atoms with Crippen LogP contribution in [0.2, 0.25) is 0 Å². The molecule has 0 fully saturated rings. The van der Waals surface area contributed by atoms with E-state index >= 15 is 0 Å². The first-order valence-electron chi connectivity index (χ1n) is 5.36. The van der Waals surface area contributed by atoms with Crippen LogP contribution >= 0.6 is 12.2 Å². The van der Waals surface area contributed by atoms with Crippen LogP contribution in [0.4, 0.5) is 11.5 Å². The highest BCUT2D eigenvalue weighted by molar-refractivity contribution is 7.80. The molecular weight excluding hydrogens is 246 g/mol. The Hall–Kier alpha value is -2.14. The van der Waals surface area contributed by atoms with Crippen molar-refractivity contribution in [2.24, 2.45) is 5.73 Å². The lowest BCUT2D eigenvalue weighted by atomic mass is 10.2. The summed E-state index contributed by atoms with van der Waals surface area (Å²) in [5.41, 5.74) is 7.10. The second-order valence-electron chi connectivity index (χ2n) is 3.85. The van der Waals surface area contributed by atoms with E-state index in [1.54, 1.807) is 24.4 Å². The van der Waals surface area contributed by atoms with Crippen molar-refractivity contribution in [1.29, 1.82) is 0 Å². The van der Waals surface area contributed by atoms with Crippen LogP contribution in [0.3, 0.4) is 0 Å². The molecule has 1 aromatic heterocycles. The maximum Gasteiger partial charge on any atom is 0.132 e. The fourth-order valence-corrected chi connectivity index (χ4v) is 1.68. The first kappa shape index (κ1) is 12.3. The number of benzene rings is 1. The molecule has 1 heterocycles. The van der Waals surface area contributed by atoms with Crippen molar-refractivity contribution in [3.63, 3.8) is 0 Å². The van der Waals surface area contributed by atoms with Crippen molar-refractivity contribution >= 4 is 28.7 Å². The molecule has 2 rings (SSSR count). The summed E-state index contributed by atoms with van der Waals surface area (Å²) in [5, 5.41) is 9.45. The van der Waals surface area contributed by atoms with Crippen LogP contribution in [-0.2, 0) is 0 Å². The van der Waals surface area contributed by atoms with Gasteiger partial charge >= 0.3 is 0 Å². The molecule has 3 N–H and O–H groups in total. The number of hydrogen-bond acceptors (Lipinski definition) is 4. The van der Waals surface area contributed by atoms with Gasteiger partial charge in [0.05, 0.1) is 0 Å². The Morgan fingerprint density at radius 2 is 2.11 bits per heavy atom. The largest absolute Gasteiger partial charge is 0.508 e. The molecule has 0 atom stereocenters. The van der Waals surface area contributed by atoms with Crippen LogP contribution in [0.25, 0.3) is 0 Å². The van der Waals surface area contributed by atoms with Gasteiger partial charge in [0, 0.05) is 30.6 Å². The predicted octanol–water partition coefficient (Wildman–Crippen LogP) is 2.19. The number of aromatic nitrogens is 1. The van der Waals surface area contributed by atoms with E-state index in [1.807, 2.05) is 30.1 Å². The maximum absolute atomic E-state index is 9.45. The molecule has 0 saturated carbocycles. The minimum Gasteiger partial charge on any atom is -0.508 e. The van der Waals surface area contributed by atoms with Crippen LogP contribution < -0.4 is 10.6 Å². The van der Waals surface area contributed by atoms with Gasteiger partial charge in [-0.25, -0.2) is 4.98 Å². The van der Waals surface area contributed by atoms with Crippen molar-refractivity contribution in [2.75, 3.05) is 11.9 Å². The molecule has 0 aliphatic heterocycles. The molecular formula is C13H13N3OS. The lowest BCUT2D eigenvalue weighted by Crippen LogP contribution is -2.13. The van der Waals surface area contributed by atoms with Crippen LogP contribution in [0.5, 0.6) is 5.75 Å². The van der Waals surface area contributed by atoms with E-state index in [1.165, 1.54) is 0 Å². The molecule has 0 saturated heterocycles. The van der Waals surface area contributed by atoms with Crippen molar-refractivity contribution in [1.82, 2.24) is 4.98 Å². The van der Waals surface area contributed by atoms with Crippen molar-refractivity contribution < 1.29 is 5.11 Å². The van der Waals surface area contributed by atoms with E-state index in [2.05, 4.69) is 4.98 Å². The van der Waals surface area contributed by atoms with E-state index in [0.29, 0.717) is 4.99 Å². The number of rotatable bonds is 3. The normalized spacial score (nSPS) is 10.1. The lowest BCUT2D eigenvalue weighted by Gasteiger charge is -2.18. The van der Waals surface area contributed by atoms with E-state index in [0.717, 1.165) is 17.1 Å². The van der Waals surface area contributed by atoms with Gasteiger partial charge in [-0.3, -0.25) is 0 Å². The smallest absolute Gasteiger partial charge is 0.132 e. The Balaban J connectivity index is 2.28. The summed E-state index contributed by atoms with van der Waals surface area (Å²) < 4.78 is 0. The van der Waals surface area contributed by atoms with E-state index in [4.69, 9.17) is 18.0 Å². The first-order chi connectivity index (χ1) is 8.58. The molecule has 4 nitrogen and oxygen atoms in total. The number of phenols is 1. The Bertz CT molecular complexity index is 569. The molecule has 0 aliphatic carbocycles. The zero-order valence-electron chi connectivity index (χ0n) is 9.87. The van der Waals surface area contributed by atoms with Crippen LogP contribution in [-0.4, -0.2) is 22.1 Å². The summed E-state index contributed by atoms with van der Waals surface area (Å²) in [4.78, 5) is 6.47. The summed E-state index contributed by atoms with van der Waals surface area (Å²) in [6.07, 6.45) is 1.64. The standard InChI is InChI=1S/C13H13N3OS/c1-16(10-3-2-4-11(17)7-10)12-6-5-9(8-15-12)13(14)18/h2-8,17H,1H3,(H2,14,18). The minimum atomic E-state index is 0.221. The highest BCUT2D eigenvalue weighted by Gasteiger charge is 2.06. The third-order valence-corrected chi connectivity index (χ3v) is 2.83. The van der Waals surface area contributed by atoms with Gasteiger partial charge in [-0.1, -0.05) is 18.3 Å². The molecule has 0 amide bonds. The molecule has 2 aromatic rings. The fourth-order valence-electron chi connectivity index (χ4n) is 1.56. The molecule has 5 heteroatoms. The number of phenolic OH excluding ortho intramolecular Hbond substituents is 1. The number of pyridine rings is 1. The van der Waals surface area contributed by atoms with Gasteiger partial charge in [0.25, 0.3) is 0 Å². The SMILES string of the molecule is CN(c1cccc(O)c1)c1ccc(C(N)=S)cn1. The van der Waals surface area contributed by atoms with Crippen molar-refractivity contribution in [2.45, 2.75) is 0 Å². The average Bonchev–Trinajstić information content (AvgIpc) is 2.38. The molecule has 0 spiro atoms. The Labute approximate surface area is 111 Å². The fraction of sp³-hybridized carbons (Fsp3) is 0.0769. The summed E-state index contributed by atoms with van der Waals surface area (Å²) in [7, 11) is 1.87. The van der Waals surface area contributed by atoms with Gasteiger partial charge in [-0.05, 0) is 24.3 Å². The molecule has 0 radical (unpaired) electrons. The highest BCUT2D eigenvalue weighted by Crippen LogP contribution is 2.24. The summed E-state index contributed by atoms with van der Waals surface area (Å²) in [6, 6.07) is 10.6. The highest BCUT2D eigenvalue weighted by atomic mass is 32.1. The topological polar surface area (TPSA) is 62.4 Å². The van der Waals surface area contributed by atoms with Gasteiger partial charge in [0.2, 0.25) is 0 Å². The van der Waals surface area contributed by atoms with Crippen LogP contribution in [0, 0.1) is 0 Å². The summed E-state index contributed by atoms with van der Waals surface area (Å²) in [6.45, 7) is 0. The molecule has 1 aromatic carbocycles. The van der Waals surface area contributed by atoms with E-state index in [-0.39, 0.29) is 5.75 Å². The molecule has 0 bridgehead atoms. The van der Waals surface area contributed by atoms with E-state index in [9.17, 15) is 5.11 Å². The number of aromatic hydroxyl groups is 1. The van der Waals surface area contributed by atoms with Gasteiger partial charge < -0.3 is 15.7 Å². The van der Waals surface area contributed by atoms with Crippen LogP contribution in [0.1, 0.15) is 5.56 Å². The number of hydrogen-bond donors (Lipinski definition) is 2. The molecule has 18 heavy (non-hydrogen) atoms. The third-order valence-electron chi connectivity index (χ3n) is 2.59. The Kier molecular flexibility index (Phi) is 3.43. The maximum atomic E-state index is 9.45. The molecule has 92 valence electrons. The Morgan fingerprint density at radius 1 is 1.33 bits per heavy atom. The zero-order valence-corrected chi connectivity index (χ0v) is 10.7. The third kappa shape index (κ3) is 2.57. The van der Waals surface area contributed by atoms with Crippen molar-refractivity contribution in [3.8, 4) is 5.75 Å². The zero-order chi connectivity index (χ0) is 13.1. The Morgan fingerprint density at radius 3 is 2.67 bits per heavy atom. The number of nitrogens with zero attached hydrogens (tertiary/aromatic N) is 2. The first-order valence-corrected chi connectivity index (χ1v) is 5.77. The minimum absolute atomic E-state index is 0.221. The number of nitrogens with two attached hydrogens (primary N) is 1. The summed E-state index contributed by atoms with van der Waals surface area (Å²) in [5.74, 6) is 0.972. The van der Waals surface area contributed by atoms with Gasteiger partial charge in [0.15, 0.2) is 0 Å². The second-order valence-corrected chi connectivity index (χ2v) is 4.29. The lowest BCUT2D eigenvalue weighted by molar-refractivity contribution is 0.475. The quantitative estimate of drug-likeness (QED) is 0.827. The van der Waals surface area contributed by atoms with E-state index < -0.39 is 0 Å². The number of thiocarbonyl (C=S) groups is 1. The van der Waals surface area contributed by atoms with Crippen molar-refractivity contribution in [3.05, 3.63) is 48.2 Å². The second kappa shape index (κ2) is 5.01. The average molecular weight is 259 g/mol. The molecule has 0 unspecified atom stereocenters. The van der Waals surface area contributed by atoms with Crippen LogP contribution in [0.15, 0.2) is 42.6 Å².